The predicted molar refractivity (Wildman–Crippen MR) is 91.6 cm³/mol. The first-order valence-electron chi connectivity index (χ1n) is 8.14. The van der Waals surface area contributed by atoms with Crippen molar-refractivity contribution in [3.05, 3.63) is 41.0 Å². The van der Waals surface area contributed by atoms with E-state index in [4.69, 9.17) is 9.47 Å². The fraction of sp³-hybridized carbons (Fsp3) is 0.474. The number of carbonyl (C=O) groups excluding carboxylic acids is 2. The molecule has 0 saturated carbocycles. The molecule has 1 aromatic carbocycles. The summed E-state index contributed by atoms with van der Waals surface area (Å²) in [5.74, 6) is -0.231. The Morgan fingerprint density at radius 1 is 1.25 bits per heavy atom. The van der Waals surface area contributed by atoms with Crippen LogP contribution in [0.5, 0.6) is 5.75 Å². The van der Waals surface area contributed by atoms with E-state index in [9.17, 15) is 9.59 Å². The van der Waals surface area contributed by atoms with Gasteiger partial charge in [-0.05, 0) is 64.8 Å². The van der Waals surface area contributed by atoms with Gasteiger partial charge in [-0.15, -0.1) is 0 Å². The summed E-state index contributed by atoms with van der Waals surface area (Å²) in [6.45, 7) is 11.1. The largest absolute Gasteiger partial charge is 0.491 e. The lowest BCUT2D eigenvalue weighted by Crippen LogP contribution is -2.30. The monoisotopic (exact) mass is 331 g/mol. The molecule has 0 radical (unpaired) electrons. The van der Waals surface area contributed by atoms with Crippen LogP contribution in [0.3, 0.4) is 0 Å². The van der Waals surface area contributed by atoms with E-state index < -0.39 is 17.5 Å². The molecule has 1 aliphatic heterocycles. The van der Waals surface area contributed by atoms with Gasteiger partial charge >= 0.3 is 5.97 Å². The van der Waals surface area contributed by atoms with E-state index >= 15 is 0 Å². The van der Waals surface area contributed by atoms with Crippen LogP contribution in [0.25, 0.3) is 0 Å². The Labute approximate surface area is 143 Å². The predicted octanol–water partition coefficient (Wildman–Crippen LogP) is 3.30. The van der Waals surface area contributed by atoms with Gasteiger partial charge in [-0.1, -0.05) is 12.1 Å². The van der Waals surface area contributed by atoms with Crippen LogP contribution in [0, 0.1) is 0 Å². The van der Waals surface area contributed by atoms with Crippen molar-refractivity contribution in [1.82, 2.24) is 5.32 Å². The van der Waals surface area contributed by atoms with E-state index in [1.165, 1.54) is 0 Å². The summed E-state index contributed by atoms with van der Waals surface area (Å²) in [6, 6.07) is 7.30. The number of hydrogen-bond acceptors (Lipinski definition) is 4. The second-order valence-corrected chi connectivity index (χ2v) is 6.83. The summed E-state index contributed by atoms with van der Waals surface area (Å²) in [5.41, 5.74) is 0.916. The van der Waals surface area contributed by atoms with Crippen molar-refractivity contribution in [3.8, 4) is 5.75 Å². The number of ether oxygens (including phenoxy) is 2. The molecule has 0 aromatic heterocycles. The fourth-order valence-electron chi connectivity index (χ4n) is 2.56. The van der Waals surface area contributed by atoms with Crippen LogP contribution < -0.4 is 10.1 Å². The van der Waals surface area contributed by atoms with Crippen LogP contribution in [0.15, 0.2) is 35.4 Å². The van der Waals surface area contributed by atoms with Crippen molar-refractivity contribution in [1.29, 1.82) is 0 Å². The van der Waals surface area contributed by atoms with Gasteiger partial charge in [0.25, 0.3) is 5.91 Å². The van der Waals surface area contributed by atoms with Crippen molar-refractivity contribution in [2.24, 2.45) is 0 Å². The topological polar surface area (TPSA) is 64.6 Å². The minimum Gasteiger partial charge on any atom is -0.491 e. The van der Waals surface area contributed by atoms with Gasteiger partial charge in [0.05, 0.1) is 12.1 Å². The number of rotatable bonds is 5. The Balaban J connectivity index is 2.15. The van der Waals surface area contributed by atoms with E-state index in [0.717, 1.165) is 11.3 Å². The number of benzene rings is 1. The highest BCUT2D eigenvalue weighted by Gasteiger charge is 2.41. The minimum absolute atomic E-state index is 0.0773. The Morgan fingerprint density at radius 2 is 1.92 bits per heavy atom. The molecular weight excluding hydrogens is 306 g/mol. The minimum atomic E-state index is -0.738. The average Bonchev–Trinajstić information content (AvgIpc) is 2.66. The Morgan fingerprint density at radius 3 is 2.46 bits per heavy atom. The fourth-order valence-corrected chi connectivity index (χ4v) is 2.56. The van der Waals surface area contributed by atoms with E-state index in [-0.39, 0.29) is 17.7 Å². The summed E-state index contributed by atoms with van der Waals surface area (Å²) >= 11 is 0. The third-order valence-electron chi connectivity index (χ3n) is 4.13. The Hall–Kier alpha value is -2.30. The molecule has 1 aromatic rings. The maximum atomic E-state index is 12.5. The van der Waals surface area contributed by atoms with Crippen molar-refractivity contribution in [2.45, 2.75) is 59.3 Å². The third kappa shape index (κ3) is 3.78. The quantitative estimate of drug-likeness (QED) is 0.664. The van der Waals surface area contributed by atoms with Crippen LogP contribution in [0.1, 0.15) is 53.1 Å². The zero-order chi connectivity index (χ0) is 18.1. The molecule has 24 heavy (non-hydrogen) atoms. The van der Waals surface area contributed by atoms with E-state index in [1.54, 1.807) is 20.8 Å². The Kier molecular flexibility index (Phi) is 5.02. The normalized spacial score (nSPS) is 17.7. The zero-order valence-electron chi connectivity index (χ0n) is 15.1. The molecule has 5 nitrogen and oxygen atoms in total. The van der Waals surface area contributed by atoms with Crippen molar-refractivity contribution < 1.29 is 19.1 Å². The molecule has 0 spiro atoms. The first-order chi connectivity index (χ1) is 11.1. The number of cyclic esters (lactones) is 1. The number of carbonyl (C=O) groups is 2. The van der Waals surface area contributed by atoms with Gasteiger partial charge in [0.15, 0.2) is 0 Å². The number of nitrogens with one attached hydrogen (secondary N) is 1. The summed E-state index contributed by atoms with van der Waals surface area (Å²) in [5, 5.41) is 2.86. The molecule has 1 N–H and O–H groups in total. The maximum absolute atomic E-state index is 12.5. The van der Waals surface area contributed by atoms with Crippen molar-refractivity contribution in [3.63, 3.8) is 0 Å². The van der Waals surface area contributed by atoms with E-state index in [1.807, 2.05) is 45.0 Å². The molecule has 1 unspecified atom stereocenters. The van der Waals surface area contributed by atoms with Crippen LogP contribution in [-0.4, -0.2) is 23.6 Å². The van der Waals surface area contributed by atoms with Crippen LogP contribution in [0.4, 0.5) is 0 Å². The van der Waals surface area contributed by atoms with Gasteiger partial charge in [-0.3, -0.25) is 4.79 Å². The third-order valence-corrected chi connectivity index (χ3v) is 4.13. The summed E-state index contributed by atoms with van der Waals surface area (Å²) in [4.78, 5) is 24.5. The van der Waals surface area contributed by atoms with Gasteiger partial charge in [0.1, 0.15) is 16.9 Å². The number of amides is 1. The lowest BCUT2D eigenvalue weighted by atomic mass is 9.97. The first-order valence-corrected chi connectivity index (χ1v) is 8.14. The van der Waals surface area contributed by atoms with Crippen LogP contribution in [-0.2, 0) is 14.3 Å². The molecule has 2 rings (SSSR count). The molecule has 1 amide bonds. The molecule has 1 atom stereocenters. The highest BCUT2D eigenvalue weighted by atomic mass is 16.6. The van der Waals surface area contributed by atoms with Gasteiger partial charge in [0.2, 0.25) is 0 Å². The van der Waals surface area contributed by atoms with Gasteiger partial charge in [0, 0.05) is 0 Å². The van der Waals surface area contributed by atoms with Crippen LogP contribution in [0.2, 0.25) is 0 Å². The standard InChI is InChI=1S/C19H25NO4/c1-11(2)23-15-9-7-8-14(10-15)13(4)20-17(21)16-12(3)19(5,6)24-18(16)22/h7-11,13H,1-6H3,(H,20,21). The molecule has 0 bridgehead atoms. The van der Waals surface area contributed by atoms with Crippen LogP contribution >= 0.6 is 0 Å². The molecule has 5 heteroatoms. The van der Waals surface area contributed by atoms with Crippen molar-refractivity contribution >= 4 is 11.9 Å². The molecule has 0 saturated heterocycles. The zero-order valence-corrected chi connectivity index (χ0v) is 15.1. The van der Waals surface area contributed by atoms with Crippen molar-refractivity contribution in [2.75, 3.05) is 0 Å². The highest BCUT2D eigenvalue weighted by Crippen LogP contribution is 2.32. The van der Waals surface area contributed by atoms with Gasteiger partial charge in [-0.25, -0.2) is 4.79 Å². The second kappa shape index (κ2) is 6.67. The lowest BCUT2D eigenvalue weighted by molar-refractivity contribution is -0.145. The molecule has 0 aliphatic carbocycles. The number of hydrogen-bond donors (Lipinski definition) is 1. The highest BCUT2D eigenvalue weighted by molar-refractivity contribution is 6.18. The molecule has 0 fully saturated rings. The molecule has 1 aliphatic rings. The summed E-state index contributed by atoms with van der Waals surface area (Å²) < 4.78 is 10.9. The maximum Gasteiger partial charge on any atom is 0.344 e. The molecular formula is C19H25NO4. The summed E-state index contributed by atoms with van der Waals surface area (Å²) in [6.07, 6.45) is 0.0773. The second-order valence-electron chi connectivity index (χ2n) is 6.83. The van der Waals surface area contributed by atoms with E-state index in [2.05, 4.69) is 5.32 Å². The number of esters is 1. The average molecular weight is 331 g/mol. The molecule has 130 valence electrons. The van der Waals surface area contributed by atoms with E-state index in [0.29, 0.717) is 5.57 Å². The Bertz CT molecular complexity index is 688. The SMILES string of the molecule is CC1=C(C(=O)NC(C)c2cccc(OC(C)C)c2)C(=O)OC1(C)C. The smallest absolute Gasteiger partial charge is 0.344 e. The van der Waals surface area contributed by atoms with Gasteiger partial charge in [-0.2, -0.15) is 0 Å². The van der Waals surface area contributed by atoms with Gasteiger partial charge < -0.3 is 14.8 Å². The summed E-state index contributed by atoms with van der Waals surface area (Å²) in [7, 11) is 0. The lowest BCUT2D eigenvalue weighted by Gasteiger charge is -2.18. The molecule has 1 heterocycles. The first kappa shape index (κ1) is 18.0.